The number of nitrogens with one attached hydrogen (secondary N) is 2. The van der Waals surface area contributed by atoms with E-state index in [1.54, 1.807) is 29.2 Å². The SMILES string of the molecule is CC(=O)c1ccc(NC(=O)N2CCN(c3nc(Nc4ccc(N5CCC(N6CCN(C)CC6)CC5)nc4)ncc3C)CC2)cc1. The summed E-state index contributed by atoms with van der Waals surface area (Å²) in [5, 5.41) is 6.25. The van der Waals surface area contributed by atoms with E-state index < -0.39 is 0 Å². The summed E-state index contributed by atoms with van der Waals surface area (Å²) in [6, 6.07) is 11.6. The van der Waals surface area contributed by atoms with Crippen molar-refractivity contribution < 1.29 is 9.59 Å². The summed E-state index contributed by atoms with van der Waals surface area (Å²) in [7, 11) is 2.21. The standard InChI is InChI=1S/C33H44N10O2/c1-24-22-35-32(36-28-8-9-30(34-23-28)41-12-10-29(11-13-41)40-16-14-39(3)15-17-40)38-31(24)42-18-20-43(21-19-42)33(45)37-27-6-4-26(5-7-27)25(2)44/h4-9,22-23,29H,10-21H2,1-3H3,(H,37,45)(H,35,36,38). The topological polar surface area (TPSA) is 113 Å². The molecule has 0 aliphatic carbocycles. The first kappa shape index (κ1) is 30.7. The third kappa shape index (κ3) is 7.51. The minimum absolute atomic E-state index is 0.000302. The summed E-state index contributed by atoms with van der Waals surface area (Å²) >= 11 is 0. The van der Waals surface area contributed by atoms with Crippen LogP contribution in [0.3, 0.4) is 0 Å². The molecule has 0 radical (unpaired) electrons. The largest absolute Gasteiger partial charge is 0.357 e. The van der Waals surface area contributed by atoms with Gasteiger partial charge in [-0.15, -0.1) is 0 Å². The predicted octanol–water partition coefficient (Wildman–Crippen LogP) is 3.70. The Morgan fingerprint density at radius 1 is 0.778 bits per heavy atom. The Kier molecular flexibility index (Phi) is 9.41. The number of likely N-dealkylation sites (N-methyl/N-ethyl adjacent to an activating group) is 1. The van der Waals surface area contributed by atoms with Gasteiger partial charge < -0.3 is 30.2 Å². The van der Waals surface area contributed by atoms with Gasteiger partial charge in [-0.1, -0.05) is 0 Å². The molecule has 0 bridgehead atoms. The molecule has 45 heavy (non-hydrogen) atoms. The zero-order valence-corrected chi connectivity index (χ0v) is 26.6. The van der Waals surface area contributed by atoms with Crippen LogP contribution < -0.4 is 20.4 Å². The number of piperidine rings is 1. The Labute approximate surface area is 265 Å². The van der Waals surface area contributed by atoms with E-state index in [0.717, 1.165) is 36.0 Å². The van der Waals surface area contributed by atoms with E-state index in [2.05, 4.69) is 48.3 Å². The van der Waals surface area contributed by atoms with Crippen LogP contribution >= 0.6 is 0 Å². The molecule has 3 aliphatic heterocycles. The van der Waals surface area contributed by atoms with Crippen LogP contribution in [-0.4, -0.2) is 120 Å². The van der Waals surface area contributed by atoms with Crippen molar-refractivity contribution in [3.05, 3.63) is 59.9 Å². The molecule has 3 fully saturated rings. The van der Waals surface area contributed by atoms with Gasteiger partial charge in [-0.05, 0) is 70.1 Å². The van der Waals surface area contributed by atoms with Crippen molar-refractivity contribution in [1.82, 2.24) is 29.7 Å². The van der Waals surface area contributed by atoms with Crippen LogP contribution in [0.25, 0.3) is 0 Å². The summed E-state index contributed by atoms with van der Waals surface area (Å²) < 4.78 is 0. The zero-order valence-electron chi connectivity index (χ0n) is 26.6. The average Bonchev–Trinajstić information content (AvgIpc) is 3.07. The van der Waals surface area contributed by atoms with Gasteiger partial charge in [0, 0.05) is 94.5 Å². The van der Waals surface area contributed by atoms with Gasteiger partial charge in [0.15, 0.2) is 5.78 Å². The molecule has 12 nitrogen and oxygen atoms in total. The Hall–Kier alpha value is -4.29. The van der Waals surface area contributed by atoms with Crippen LogP contribution in [0.4, 0.5) is 33.8 Å². The minimum atomic E-state index is -0.151. The highest BCUT2D eigenvalue weighted by molar-refractivity contribution is 5.95. The number of amides is 2. The number of ketones is 1. The average molecular weight is 613 g/mol. The number of hydrogen-bond donors (Lipinski definition) is 2. The second-order valence-electron chi connectivity index (χ2n) is 12.3. The maximum Gasteiger partial charge on any atom is 0.321 e. The molecule has 0 unspecified atom stereocenters. The fraction of sp³-hybridized carbons (Fsp3) is 0.485. The molecule has 1 aromatic carbocycles. The third-order valence-corrected chi connectivity index (χ3v) is 9.20. The van der Waals surface area contributed by atoms with Crippen molar-refractivity contribution in [3.63, 3.8) is 0 Å². The fourth-order valence-electron chi connectivity index (χ4n) is 6.35. The molecule has 3 saturated heterocycles. The molecule has 238 valence electrons. The van der Waals surface area contributed by atoms with Crippen molar-refractivity contribution in [3.8, 4) is 0 Å². The fourth-order valence-corrected chi connectivity index (χ4v) is 6.35. The van der Waals surface area contributed by atoms with E-state index in [1.807, 2.05) is 25.4 Å². The number of rotatable bonds is 7. The molecule has 0 atom stereocenters. The van der Waals surface area contributed by atoms with Gasteiger partial charge in [0.05, 0.1) is 11.9 Å². The molecule has 0 saturated carbocycles. The predicted molar refractivity (Wildman–Crippen MR) is 178 cm³/mol. The summed E-state index contributed by atoms with van der Waals surface area (Å²) in [5.74, 6) is 2.39. The van der Waals surface area contributed by atoms with Crippen molar-refractivity contribution in [2.75, 3.05) is 92.9 Å². The number of pyridine rings is 1. The molecule has 5 heterocycles. The lowest BCUT2D eigenvalue weighted by atomic mass is 10.0. The van der Waals surface area contributed by atoms with Crippen molar-refractivity contribution in [2.45, 2.75) is 32.7 Å². The van der Waals surface area contributed by atoms with Gasteiger partial charge in [-0.25, -0.2) is 14.8 Å². The van der Waals surface area contributed by atoms with E-state index in [4.69, 9.17) is 9.97 Å². The number of nitrogens with zero attached hydrogens (tertiary/aromatic N) is 8. The Morgan fingerprint density at radius 2 is 1.47 bits per heavy atom. The highest BCUT2D eigenvalue weighted by Gasteiger charge is 2.27. The lowest BCUT2D eigenvalue weighted by Gasteiger charge is -2.42. The monoisotopic (exact) mass is 612 g/mol. The molecule has 3 aliphatic rings. The minimum Gasteiger partial charge on any atom is -0.357 e. The number of aryl methyl sites for hydroxylation is 1. The molecule has 3 aromatic rings. The van der Waals surface area contributed by atoms with Crippen LogP contribution in [0, 0.1) is 6.92 Å². The van der Waals surface area contributed by atoms with Crippen LogP contribution in [0.1, 0.15) is 35.7 Å². The lowest BCUT2D eigenvalue weighted by Crippen LogP contribution is -2.52. The highest BCUT2D eigenvalue weighted by Crippen LogP contribution is 2.25. The molecule has 2 N–H and O–H groups in total. The van der Waals surface area contributed by atoms with Gasteiger partial charge in [0.25, 0.3) is 0 Å². The molecule has 12 heteroatoms. The Balaban J connectivity index is 0.996. The van der Waals surface area contributed by atoms with Crippen LogP contribution in [0.15, 0.2) is 48.8 Å². The molecule has 2 amide bonds. The molecule has 6 rings (SSSR count). The first-order valence-corrected chi connectivity index (χ1v) is 16.0. The maximum atomic E-state index is 12.9. The summed E-state index contributed by atoms with van der Waals surface area (Å²) in [4.78, 5) is 49.9. The van der Waals surface area contributed by atoms with Gasteiger partial charge in [-0.3, -0.25) is 9.69 Å². The van der Waals surface area contributed by atoms with Crippen LogP contribution in [-0.2, 0) is 0 Å². The molecule has 2 aromatic heterocycles. The number of benzene rings is 1. The van der Waals surface area contributed by atoms with E-state index in [-0.39, 0.29) is 11.8 Å². The van der Waals surface area contributed by atoms with Crippen LogP contribution in [0.5, 0.6) is 0 Å². The van der Waals surface area contributed by atoms with E-state index in [0.29, 0.717) is 49.4 Å². The third-order valence-electron chi connectivity index (χ3n) is 9.20. The molecular weight excluding hydrogens is 568 g/mol. The van der Waals surface area contributed by atoms with Crippen molar-refractivity contribution >= 4 is 40.8 Å². The number of carbonyl (C=O) groups is 2. The van der Waals surface area contributed by atoms with Gasteiger partial charge in [0.2, 0.25) is 5.95 Å². The molecule has 0 spiro atoms. The number of anilines is 5. The number of piperazine rings is 2. The van der Waals surface area contributed by atoms with E-state index in [9.17, 15) is 9.59 Å². The second kappa shape index (κ2) is 13.8. The maximum absolute atomic E-state index is 12.9. The zero-order chi connectivity index (χ0) is 31.3. The lowest BCUT2D eigenvalue weighted by molar-refractivity contribution is 0.0981. The van der Waals surface area contributed by atoms with E-state index in [1.165, 1.54) is 45.9 Å². The number of urea groups is 1. The quantitative estimate of drug-likeness (QED) is 0.383. The highest BCUT2D eigenvalue weighted by atomic mass is 16.2. The Morgan fingerprint density at radius 3 is 2.11 bits per heavy atom. The number of hydrogen-bond acceptors (Lipinski definition) is 10. The van der Waals surface area contributed by atoms with E-state index >= 15 is 0 Å². The number of Topliss-reactive ketones (excluding diaryl/α,β-unsaturated/α-hetero) is 1. The summed E-state index contributed by atoms with van der Waals surface area (Å²) in [5.41, 5.74) is 3.12. The van der Waals surface area contributed by atoms with Gasteiger partial charge in [0.1, 0.15) is 11.6 Å². The smallest absolute Gasteiger partial charge is 0.321 e. The van der Waals surface area contributed by atoms with Gasteiger partial charge >= 0.3 is 6.03 Å². The summed E-state index contributed by atoms with van der Waals surface area (Å²) in [6.45, 7) is 12.7. The first-order valence-electron chi connectivity index (χ1n) is 16.0. The van der Waals surface area contributed by atoms with Gasteiger partial charge in [-0.2, -0.15) is 4.98 Å². The van der Waals surface area contributed by atoms with Crippen LogP contribution in [0.2, 0.25) is 0 Å². The van der Waals surface area contributed by atoms with Crippen molar-refractivity contribution in [2.24, 2.45) is 0 Å². The first-order chi connectivity index (χ1) is 21.8. The molecular formula is C33H44N10O2. The number of aromatic nitrogens is 3. The summed E-state index contributed by atoms with van der Waals surface area (Å²) in [6.07, 6.45) is 6.05. The second-order valence-corrected chi connectivity index (χ2v) is 12.3. The Bertz CT molecular complexity index is 1460. The number of carbonyl (C=O) groups excluding carboxylic acids is 2. The van der Waals surface area contributed by atoms with Crippen molar-refractivity contribution in [1.29, 1.82) is 0 Å². The normalized spacial score (nSPS) is 18.6.